The molecule has 2 saturated carbocycles. The third kappa shape index (κ3) is 4.40. The molecule has 3 fully saturated rings. The van der Waals surface area contributed by atoms with Gasteiger partial charge < -0.3 is 14.5 Å². The number of rotatable bonds is 6. The van der Waals surface area contributed by atoms with Gasteiger partial charge in [-0.2, -0.15) is 0 Å². The van der Waals surface area contributed by atoms with E-state index in [1.807, 2.05) is 36.4 Å². The number of thioether (sulfide) groups is 1. The molecule has 1 N–H and O–H groups in total. The van der Waals surface area contributed by atoms with Crippen LogP contribution in [0.1, 0.15) is 28.3 Å². The summed E-state index contributed by atoms with van der Waals surface area (Å²) in [5.41, 5.74) is 2.55. The van der Waals surface area contributed by atoms with Gasteiger partial charge in [-0.3, -0.25) is 19.3 Å². The molecule has 1 aromatic heterocycles. The van der Waals surface area contributed by atoms with Crippen molar-refractivity contribution in [1.29, 1.82) is 0 Å². The van der Waals surface area contributed by atoms with Crippen LogP contribution in [0.3, 0.4) is 0 Å². The number of aromatic nitrogens is 1. The van der Waals surface area contributed by atoms with Crippen LogP contribution in [0.25, 0.3) is 0 Å². The van der Waals surface area contributed by atoms with E-state index in [0.29, 0.717) is 23.1 Å². The summed E-state index contributed by atoms with van der Waals surface area (Å²) in [6.07, 6.45) is 0.816. The van der Waals surface area contributed by atoms with E-state index in [1.54, 1.807) is 43.1 Å². The van der Waals surface area contributed by atoms with E-state index >= 15 is 0 Å². The zero-order chi connectivity index (χ0) is 30.3. The summed E-state index contributed by atoms with van der Waals surface area (Å²) in [6.45, 7) is 0.359. The van der Waals surface area contributed by atoms with E-state index in [-0.39, 0.29) is 57.4 Å². The van der Waals surface area contributed by atoms with Crippen LogP contribution >= 0.6 is 50.6 Å². The molecule has 11 heteroatoms. The highest BCUT2D eigenvalue weighted by molar-refractivity contribution is 9.10. The van der Waals surface area contributed by atoms with Gasteiger partial charge in [-0.15, -0.1) is 11.8 Å². The van der Waals surface area contributed by atoms with Crippen molar-refractivity contribution in [2.45, 2.75) is 29.2 Å². The summed E-state index contributed by atoms with van der Waals surface area (Å²) >= 11 is 12.7. The van der Waals surface area contributed by atoms with Gasteiger partial charge in [0.25, 0.3) is 0 Å². The number of nitrogens with one attached hydrogen (secondary N) is 1. The first-order valence-electron chi connectivity index (χ1n) is 14.4. The number of carbonyl (C=O) groups excluding carboxylic acids is 2. The number of amides is 2. The normalized spacial score (nSPS) is 28.2. The number of imide groups is 1. The number of carbonyl (C=O) groups is 2. The molecule has 1 saturated heterocycles. The number of H-pyrrole nitrogens is 1. The smallest absolute Gasteiger partial charge is 0.305 e. The Morgan fingerprint density at radius 2 is 1.70 bits per heavy atom. The third-order valence-electron chi connectivity index (χ3n) is 9.67. The Morgan fingerprint density at radius 3 is 2.43 bits per heavy atom. The standard InChI is InChI=1S/C33H26BrClN2O5S2/c1-41-19-9-7-18(8-10-19)37-31(38)26-21-13-22(27(26)32(37)39)28-25(21)24(29-30(43-28)36-33(40)44-29)20-12-16(34)4-11-23(20)42-14-15-2-5-17(35)6-3-15/h2-12,21-22,24-28H,13-14H2,1H3,(H,36,40)/t21-,22-,24+,25+,26+,27+,28-/m1/s1. The molecule has 0 spiro atoms. The van der Waals surface area contributed by atoms with Crippen LogP contribution in [0.15, 0.2) is 81.0 Å². The lowest BCUT2D eigenvalue weighted by Crippen LogP contribution is -2.42. The molecular formula is C33H26BrClN2O5S2. The highest BCUT2D eigenvalue weighted by atomic mass is 79.9. The number of fused-ring (bicyclic) bond motifs is 9. The molecule has 2 bridgehead atoms. The van der Waals surface area contributed by atoms with Crippen molar-refractivity contribution in [2.24, 2.45) is 29.6 Å². The molecule has 7 atom stereocenters. The van der Waals surface area contributed by atoms with Gasteiger partial charge in [-0.05, 0) is 84.3 Å². The highest BCUT2D eigenvalue weighted by Gasteiger charge is 2.69. The van der Waals surface area contributed by atoms with Crippen LogP contribution < -0.4 is 19.2 Å². The topological polar surface area (TPSA) is 88.7 Å². The fourth-order valence-electron chi connectivity index (χ4n) is 7.99. The Labute approximate surface area is 275 Å². The van der Waals surface area contributed by atoms with E-state index in [1.165, 1.54) is 16.2 Å². The predicted molar refractivity (Wildman–Crippen MR) is 174 cm³/mol. The Bertz CT molecular complexity index is 1860. The fraction of sp³-hybridized carbons (Fsp3) is 0.303. The van der Waals surface area contributed by atoms with Gasteiger partial charge in [0.05, 0.1) is 29.7 Å². The molecule has 0 unspecified atom stereocenters. The summed E-state index contributed by atoms with van der Waals surface area (Å²) in [7, 11) is 1.59. The number of hydrogen-bond acceptors (Lipinski definition) is 7. The number of aromatic amines is 1. The molecule has 3 heterocycles. The second-order valence-electron chi connectivity index (χ2n) is 11.8. The maximum Gasteiger partial charge on any atom is 0.305 e. The second kappa shape index (κ2) is 10.8. The maximum absolute atomic E-state index is 14.1. The summed E-state index contributed by atoms with van der Waals surface area (Å²) in [4.78, 5) is 46.1. The SMILES string of the molecule is COc1ccc(N2C(=O)[C@H]3[C@H]4C[C@@H]([C@@H]3C2=O)[C@H]2[C@H](c3cc(Br)ccc3OCc3ccc(Cl)cc3)c3sc(=O)[nH]c3S[C@H]42)cc1. The van der Waals surface area contributed by atoms with Gasteiger partial charge in [0.1, 0.15) is 18.1 Å². The van der Waals surface area contributed by atoms with Gasteiger partial charge in [-0.1, -0.05) is 51.0 Å². The zero-order valence-electron chi connectivity index (χ0n) is 23.4. The molecule has 2 amide bonds. The van der Waals surface area contributed by atoms with Crippen molar-refractivity contribution in [1.82, 2.24) is 4.98 Å². The molecule has 0 radical (unpaired) electrons. The molecule has 2 aliphatic carbocycles. The minimum absolute atomic E-state index is 0.000599. The molecule has 44 heavy (non-hydrogen) atoms. The molecule has 2 aliphatic heterocycles. The van der Waals surface area contributed by atoms with Crippen molar-refractivity contribution < 1.29 is 19.1 Å². The summed E-state index contributed by atoms with van der Waals surface area (Å²) < 4.78 is 12.6. The molecule has 3 aromatic carbocycles. The van der Waals surface area contributed by atoms with Crippen LogP contribution in [-0.2, 0) is 16.2 Å². The number of methoxy groups -OCH3 is 1. The first-order chi connectivity index (χ1) is 21.3. The number of thiazole rings is 1. The maximum atomic E-state index is 14.1. The van der Waals surface area contributed by atoms with Crippen LogP contribution in [0.4, 0.5) is 5.69 Å². The predicted octanol–water partition coefficient (Wildman–Crippen LogP) is 7.12. The zero-order valence-corrected chi connectivity index (χ0v) is 27.3. The van der Waals surface area contributed by atoms with Crippen molar-refractivity contribution in [2.75, 3.05) is 12.0 Å². The summed E-state index contributed by atoms with van der Waals surface area (Å²) in [5, 5.41) is 1.61. The van der Waals surface area contributed by atoms with Crippen LogP contribution in [0, 0.1) is 29.6 Å². The fourth-order valence-corrected chi connectivity index (χ4v) is 11.4. The highest BCUT2D eigenvalue weighted by Crippen LogP contribution is 2.69. The number of anilines is 1. The minimum Gasteiger partial charge on any atom is -0.497 e. The van der Waals surface area contributed by atoms with E-state index < -0.39 is 0 Å². The summed E-state index contributed by atoms with van der Waals surface area (Å²) in [6, 6.07) is 20.7. The van der Waals surface area contributed by atoms with Gasteiger partial charge in [0.2, 0.25) is 11.8 Å². The quantitative estimate of drug-likeness (QED) is 0.215. The molecule has 4 aliphatic rings. The summed E-state index contributed by atoms with van der Waals surface area (Å²) in [5.74, 6) is 0.344. The Balaban J connectivity index is 1.18. The van der Waals surface area contributed by atoms with Crippen LogP contribution in [0.5, 0.6) is 11.5 Å². The van der Waals surface area contributed by atoms with E-state index in [4.69, 9.17) is 21.1 Å². The van der Waals surface area contributed by atoms with Gasteiger partial charge in [-0.25, -0.2) is 0 Å². The number of hydrogen-bond donors (Lipinski definition) is 1. The minimum atomic E-state index is -0.387. The Kier molecular flexibility index (Phi) is 6.97. The van der Waals surface area contributed by atoms with E-state index in [0.717, 1.165) is 37.7 Å². The average molecular weight is 710 g/mol. The van der Waals surface area contributed by atoms with Gasteiger partial charge >= 0.3 is 4.87 Å². The Morgan fingerprint density at radius 1 is 0.977 bits per heavy atom. The molecule has 4 aromatic rings. The molecule has 224 valence electrons. The van der Waals surface area contributed by atoms with Gasteiger partial charge in [0.15, 0.2) is 0 Å². The van der Waals surface area contributed by atoms with Crippen molar-refractivity contribution >= 4 is 68.1 Å². The van der Waals surface area contributed by atoms with Crippen molar-refractivity contribution in [3.8, 4) is 11.5 Å². The molecule has 8 rings (SSSR count). The molecular weight excluding hydrogens is 684 g/mol. The lowest BCUT2D eigenvalue weighted by molar-refractivity contribution is -0.123. The van der Waals surface area contributed by atoms with E-state index in [2.05, 4.69) is 27.0 Å². The van der Waals surface area contributed by atoms with E-state index in [9.17, 15) is 14.4 Å². The first kappa shape index (κ1) is 28.4. The average Bonchev–Trinajstić information content (AvgIpc) is 3.76. The van der Waals surface area contributed by atoms with Crippen LogP contribution in [-0.4, -0.2) is 29.2 Å². The lowest BCUT2D eigenvalue weighted by atomic mass is 9.68. The monoisotopic (exact) mass is 708 g/mol. The number of benzene rings is 3. The number of halogens is 2. The number of ether oxygens (including phenoxy) is 2. The lowest BCUT2D eigenvalue weighted by Gasteiger charge is -2.43. The third-order valence-corrected chi connectivity index (χ3v) is 13.0. The second-order valence-corrected chi connectivity index (χ2v) is 15.3. The van der Waals surface area contributed by atoms with Crippen LogP contribution in [0.2, 0.25) is 5.02 Å². The molecule has 7 nitrogen and oxygen atoms in total. The van der Waals surface area contributed by atoms with Crippen molar-refractivity contribution in [3.05, 3.63) is 102 Å². The van der Waals surface area contributed by atoms with Crippen molar-refractivity contribution in [3.63, 3.8) is 0 Å². The van der Waals surface area contributed by atoms with Gasteiger partial charge in [0, 0.05) is 31.1 Å². The largest absolute Gasteiger partial charge is 0.497 e. The Hall–Kier alpha value is -3.05. The first-order valence-corrected chi connectivity index (χ1v) is 17.3. The number of nitrogens with zero attached hydrogens (tertiary/aromatic N) is 1.